The number of halogens is 1. The normalized spacial score (nSPS) is 12.7. The number of carbonyl (C=O) groups excluding carboxylic acids is 1. The third-order valence-corrected chi connectivity index (χ3v) is 2.33. The molecule has 0 saturated carbocycles. The second-order valence-electron chi connectivity index (χ2n) is 3.53. The summed E-state index contributed by atoms with van der Waals surface area (Å²) in [5.74, 6) is -0.0828. The lowest BCUT2D eigenvalue weighted by Gasteiger charge is -2.34. The van der Waals surface area contributed by atoms with Gasteiger partial charge in [-0.3, -0.25) is 9.69 Å². The van der Waals surface area contributed by atoms with Gasteiger partial charge in [-0.15, -0.1) is 11.6 Å². The molecule has 0 heterocycles. The molecule has 0 aromatic rings. The van der Waals surface area contributed by atoms with Gasteiger partial charge in [-0.2, -0.15) is 0 Å². The van der Waals surface area contributed by atoms with Gasteiger partial charge in [0, 0.05) is 5.57 Å². The van der Waals surface area contributed by atoms with Gasteiger partial charge in [0.15, 0.2) is 0 Å². The first-order valence-electron chi connectivity index (χ1n) is 4.64. The Kier molecular flexibility index (Phi) is 5.81. The summed E-state index contributed by atoms with van der Waals surface area (Å²) >= 11 is 5.76. The molecule has 1 atom stereocenters. The molecule has 0 fully saturated rings. The van der Waals surface area contributed by atoms with Crippen molar-refractivity contribution in [3.63, 3.8) is 0 Å². The number of hydrogen-bond acceptors (Lipinski definition) is 2. The van der Waals surface area contributed by atoms with Crippen LogP contribution in [0.4, 0.5) is 0 Å². The molecule has 0 bridgehead atoms. The lowest BCUT2D eigenvalue weighted by Crippen LogP contribution is -2.47. The first kappa shape index (κ1) is 13.5. The van der Waals surface area contributed by atoms with Crippen LogP contribution in [0.2, 0.25) is 0 Å². The second kappa shape index (κ2) is 6.04. The number of hydrogen-bond donors (Lipinski definition) is 0. The molecule has 0 aromatic carbocycles. The second-order valence-corrected chi connectivity index (χ2v) is 3.77. The van der Waals surface area contributed by atoms with E-state index in [2.05, 4.69) is 6.58 Å². The minimum Gasteiger partial charge on any atom is -0.309 e. The highest BCUT2D eigenvalue weighted by molar-refractivity contribution is 6.19. The van der Waals surface area contributed by atoms with Crippen LogP contribution in [0.1, 0.15) is 20.3 Å². The van der Waals surface area contributed by atoms with Crippen molar-refractivity contribution < 1.29 is 4.79 Å². The first-order chi connectivity index (χ1) is 6.45. The minimum absolute atomic E-state index is 0.0386. The van der Waals surface area contributed by atoms with Crippen molar-refractivity contribution in [3.8, 4) is 0 Å². The van der Waals surface area contributed by atoms with Crippen LogP contribution in [0.15, 0.2) is 12.2 Å². The minimum atomic E-state index is -0.0828. The van der Waals surface area contributed by atoms with Crippen molar-refractivity contribution in [1.82, 2.24) is 9.80 Å². The third kappa shape index (κ3) is 3.31. The third-order valence-electron chi connectivity index (χ3n) is 2.08. The first-order valence-corrected chi connectivity index (χ1v) is 5.18. The molecule has 0 radical (unpaired) electrons. The molecule has 3 nitrogen and oxygen atoms in total. The van der Waals surface area contributed by atoms with E-state index in [1.807, 2.05) is 25.9 Å². The summed E-state index contributed by atoms with van der Waals surface area (Å²) in [6.45, 7) is 7.35. The Hall–Kier alpha value is -0.540. The van der Waals surface area contributed by atoms with Gasteiger partial charge in [0.05, 0.1) is 12.2 Å². The van der Waals surface area contributed by atoms with Gasteiger partial charge in [0.2, 0.25) is 0 Å². The molecule has 0 aliphatic rings. The highest BCUT2D eigenvalue weighted by Gasteiger charge is 2.23. The van der Waals surface area contributed by atoms with E-state index in [1.165, 1.54) is 0 Å². The van der Waals surface area contributed by atoms with E-state index in [1.54, 1.807) is 11.8 Å². The average Bonchev–Trinajstić information content (AvgIpc) is 2.11. The number of amides is 1. The molecule has 0 saturated heterocycles. The molecule has 82 valence electrons. The number of rotatable bonds is 5. The molecule has 1 amide bonds. The van der Waals surface area contributed by atoms with Gasteiger partial charge < -0.3 is 4.90 Å². The largest absolute Gasteiger partial charge is 0.309 e. The van der Waals surface area contributed by atoms with Crippen LogP contribution in [0.25, 0.3) is 0 Å². The summed E-state index contributed by atoms with van der Waals surface area (Å²) in [6, 6.07) is 0.197. The van der Waals surface area contributed by atoms with Crippen LogP contribution in [-0.2, 0) is 4.79 Å². The summed E-state index contributed by atoms with van der Waals surface area (Å²) in [7, 11) is 3.86. The molecule has 0 aromatic heterocycles. The molecule has 0 N–H and O–H groups in total. The molecule has 4 heteroatoms. The van der Waals surface area contributed by atoms with Gasteiger partial charge in [-0.1, -0.05) is 13.5 Å². The maximum atomic E-state index is 11.7. The zero-order valence-electron chi connectivity index (χ0n) is 9.38. The predicted octanol–water partition coefficient (Wildman–Crippen LogP) is 1.89. The standard InChI is InChI=1S/C10H19ClN2O/c1-6-9(12(4)5)13(7-11)10(14)8(2)3/h9H,2,6-7H2,1,3-5H3. The van der Waals surface area contributed by atoms with Gasteiger partial charge in [0.25, 0.3) is 5.91 Å². The van der Waals surface area contributed by atoms with Crippen molar-refractivity contribution >= 4 is 17.5 Å². The summed E-state index contributed by atoms with van der Waals surface area (Å²) in [4.78, 5) is 15.3. The van der Waals surface area contributed by atoms with E-state index in [4.69, 9.17) is 11.6 Å². The van der Waals surface area contributed by atoms with Crippen LogP contribution in [0, 0.1) is 0 Å². The van der Waals surface area contributed by atoms with Crippen molar-refractivity contribution in [2.24, 2.45) is 0 Å². The Morgan fingerprint density at radius 1 is 1.50 bits per heavy atom. The van der Waals surface area contributed by atoms with E-state index in [9.17, 15) is 4.79 Å². The molecular formula is C10H19ClN2O. The maximum absolute atomic E-state index is 11.7. The molecular weight excluding hydrogens is 200 g/mol. The maximum Gasteiger partial charge on any atom is 0.251 e. The highest BCUT2D eigenvalue weighted by Crippen LogP contribution is 2.11. The van der Waals surface area contributed by atoms with Gasteiger partial charge in [-0.25, -0.2) is 0 Å². The van der Waals surface area contributed by atoms with Crippen molar-refractivity contribution in [1.29, 1.82) is 0 Å². The Morgan fingerprint density at radius 3 is 2.21 bits per heavy atom. The van der Waals surface area contributed by atoms with Gasteiger partial charge >= 0.3 is 0 Å². The van der Waals surface area contributed by atoms with Crippen LogP contribution >= 0.6 is 11.6 Å². The summed E-state index contributed by atoms with van der Waals surface area (Å²) < 4.78 is 0. The van der Waals surface area contributed by atoms with Crippen molar-refractivity contribution in [2.75, 3.05) is 20.1 Å². The number of alkyl halides is 1. The molecule has 0 spiro atoms. The Bertz CT molecular complexity index is 216. The highest BCUT2D eigenvalue weighted by atomic mass is 35.5. The van der Waals surface area contributed by atoms with Crippen molar-refractivity contribution in [2.45, 2.75) is 26.4 Å². The number of nitrogens with zero attached hydrogens (tertiary/aromatic N) is 2. The fourth-order valence-corrected chi connectivity index (χ4v) is 1.65. The van der Waals surface area contributed by atoms with Crippen LogP contribution in [0.5, 0.6) is 0 Å². The fourth-order valence-electron chi connectivity index (χ4n) is 1.38. The van der Waals surface area contributed by atoms with Crippen LogP contribution < -0.4 is 0 Å². The summed E-state index contributed by atoms with van der Waals surface area (Å²) in [5.41, 5.74) is 0.519. The Labute approximate surface area is 91.3 Å². The smallest absolute Gasteiger partial charge is 0.251 e. The van der Waals surface area contributed by atoms with E-state index >= 15 is 0 Å². The monoisotopic (exact) mass is 218 g/mol. The Morgan fingerprint density at radius 2 is 2.00 bits per heavy atom. The lowest BCUT2D eigenvalue weighted by molar-refractivity contribution is -0.131. The molecule has 0 rings (SSSR count). The summed E-state index contributed by atoms with van der Waals surface area (Å²) in [6.07, 6.45) is 0.885. The van der Waals surface area contributed by atoms with E-state index < -0.39 is 0 Å². The fraction of sp³-hybridized carbons (Fsp3) is 0.700. The zero-order valence-corrected chi connectivity index (χ0v) is 10.1. The predicted molar refractivity (Wildman–Crippen MR) is 60.1 cm³/mol. The van der Waals surface area contributed by atoms with E-state index in [-0.39, 0.29) is 18.1 Å². The van der Waals surface area contributed by atoms with Crippen LogP contribution in [0.3, 0.4) is 0 Å². The Balaban J connectivity index is 4.68. The van der Waals surface area contributed by atoms with Crippen LogP contribution in [-0.4, -0.2) is 42.0 Å². The topological polar surface area (TPSA) is 23.6 Å². The van der Waals surface area contributed by atoms with Gasteiger partial charge in [-0.05, 0) is 27.4 Å². The average molecular weight is 219 g/mol. The van der Waals surface area contributed by atoms with Crippen molar-refractivity contribution in [3.05, 3.63) is 12.2 Å². The quantitative estimate of drug-likeness (QED) is 0.305. The SMILES string of the molecule is C=C(C)C(=O)N(CCl)C(CC)N(C)C. The molecule has 0 aliphatic carbocycles. The van der Waals surface area contributed by atoms with E-state index in [0.29, 0.717) is 5.57 Å². The molecule has 0 aliphatic heterocycles. The van der Waals surface area contributed by atoms with E-state index in [0.717, 1.165) is 6.42 Å². The summed E-state index contributed by atoms with van der Waals surface area (Å²) in [5, 5.41) is 0. The van der Waals surface area contributed by atoms with Gasteiger partial charge in [0.1, 0.15) is 0 Å². The molecule has 1 unspecified atom stereocenters. The lowest BCUT2D eigenvalue weighted by atomic mass is 10.2. The zero-order chi connectivity index (χ0) is 11.3. The number of carbonyl (C=O) groups is 1. The molecule has 14 heavy (non-hydrogen) atoms.